The van der Waals surface area contributed by atoms with Crippen molar-refractivity contribution in [1.82, 2.24) is 15.1 Å². The molecule has 0 spiro atoms. The lowest BCUT2D eigenvalue weighted by atomic mass is 10.2. The van der Waals surface area contributed by atoms with Gasteiger partial charge in [-0.3, -0.25) is 4.79 Å². The average molecular weight is 257 g/mol. The van der Waals surface area contributed by atoms with E-state index in [-0.39, 0.29) is 31.1 Å². The number of rotatable bonds is 5. The fourth-order valence-corrected chi connectivity index (χ4v) is 2.12. The maximum atomic E-state index is 12.1. The number of aliphatic carboxylic acids is 1. The molecule has 2 amide bonds. The number of carboxylic acids is 1. The summed E-state index contributed by atoms with van der Waals surface area (Å²) in [7, 11) is 2.02. The van der Waals surface area contributed by atoms with Crippen LogP contribution in [0.5, 0.6) is 0 Å². The van der Waals surface area contributed by atoms with Crippen LogP contribution < -0.4 is 5.32 Å². The lowest BCUT2D eigenvalue weighted by Gasteiger charge is -2.28. The highest BCUT2D eigenvalue weighted by molar-refractivity contribution is 5.76. The number of nitrogens with one attached hydrogen (secondary N) is 1. The molecule has 1 atom stereocenters. The fraction of sp³-hybridized carbons (Fsp3) is 0.833. The number of nitrogens with zero attached hydrogens (tertiary/aromatic N) is 2. The van der Waals surface area contributed by atoms with E-state index < -0.39 is 5.97 Å². The van der Waals surface area contributed by atoms with Gasteiger partial charge in [-0.05, 0) is 33.9 Å². The van der Waals surface area contributed by atoms with Gasteiger partial charge in [-0.1, -0.05) is 0 Å². The normalized spacial score (nSPS) is 20.1. The zero-order chi connectivity index (χ0) is 13.7. The summed E-state index contributed by atoms with van der Waals surface area (Å²) in [5.74, 6) is -0.881. The van der Waals surface area contributed by atoms with E-state index in [1.165, 1.54) is 0 Å². The Morgan fingerprint density at radius 2 is 2.17 bits per heavy atom. The molecule has 104 valence electrons. The summed E-state index contributed by atoms with van der Waals surface area (Å²) in [6, 6.07) is 0.0172. The molecule has 6 nitrogen and oxygen atoms in total. The van der Waals surface area contributed by atoms with Crippen LogP contribution in [0, 0.1) is 0 Å². The van der Waals surface area contributed by atoms with Gasteiger partial charge < -0.3 is 20.2 Å². The summed E-state index contributed by atoms with van der Waals surface area (Å²) in [5, 5.41) is 11.6. The molecule has 1 aliphatic rings. The molecule has 0 aromatic rings. The van der Waals surface area contributed by atoms with E-state index in [1.807, 2.05) is 20.9 Å². The van der Waals surface area contributed by atoms with Crippen molar-refractivity contribution in [2.45, 2.75) is 38.8 Å². The molecule has 0 radical (unpaired) electrons. The Hall–Kier alpha value is -1.30. The van der Waals surface area contributed by atoms with Crippen LogP contribution in [0.1, 0.15) is 26.7 Å². The molecule has 1 heterocycles. The Balaban J connectivity index is 2.46. The molecule has 0 saturated carbocycles. The molecule has 0 aliphatic carbocycles. The van der Waals surface area contributed by atoms with Crippen LogP contribution in [0.2, 0.25) is 0 Å². The van der Waals surface area contributed by atoms with E-state index in [0.29, 0.717) is 0 Å². The van der Waals surface area contributed by atoms with Gasteiger partial charge >= 0.3 is 12.0 Å². The minimum atomic E-state index is -0.881. The first-order valence-corrected chi connectivity index (χ1v) is 6.37. The number of hydrogen-bond acceptors (Lipinski definition) is 3. The standard InChI is InChI=1S/C12H23N3O3/c1-9(2)15(7-5-11(16)17)12(18)13-10-4-6-14(3)8-10/h9-10H,4-8H2,1-3H3,(H,13,18)(H,16,17). The third kappa shape index (κ3) is 4.52. The van der Waals surface area contributed by atoms with Crippen LogP contribution in [0.25, 0.3) is 0 Å². The Morgan fingerprint density at radius 1 is 1.50 bits per heavy atom. The highest BCUT2D eigenvalue weighted by atomic mass is 16.4. The first-order valence-electron chi connectivity index (χ1n) is 6.37. The van der Waals surface area contributed by atoms with Crippen molar-refractivity contribution < 1.29 is 14.7 Å². The summed E-state index contributed by atoms with van der Waals surface area (Å²) < 4.78 is 0. The molecule has 1 unspecified atom stereocenters. The van der Waals surface area contributed by atoms with E-state index in [9.17, 15) is 9.59 Å². The van der Waals surface area contributed by atoms with Crippen LogP contribution in [-0.4, -0.2) is 65.7 Å². The predicted octanol–water partition coefficient (Wildman–Crippen LogP) is 0.585. The van der Waals surface area contributed by atoms with Crippen molar-refractivity contribution in [2.24, 2.45) is 0 Å². The van der Waals surface area contributed by atoms with Gasteiger partial charge in [-0.25, -0.2) is 4.79 Å². The molecule has 0 aromatic heterocycles. The summed E-state index contributed by atoms with van der Waals surface area (Å²) in [4.78, 5) is 26.4. The van der Waals surface area contributed by atoms with Crippen molar-refractivity contribution in [3.05, 3.63) is 0 Å². The van der Waals surface area contributed by atoms with Crippen LogP contribution in [0.15, 0.2) is 0 Å². The summed E-state index contributed by atoms with van der Waals surface area (Å²) in [6.07, 6.45) is 0.934. The maximum absolute atomic E-state index is 12.1. The first kappa shape index (κ1) is 14.8. The zero-order valence-corrected chi connectivity index (χ0v) is 11.3. The monoisotopic (exact) mass is 257 g/mol. The number of carboxylic acid groups (broad SMARTS) is 1. The molecule has 0 bridgehead atoms. The average Bonchev–Trinajstić information content (AvgIpc) is 2.63. The van der Waals surface area contributed by atoms with E-state index >= 15 is 0 Å². The third-order valence-electron chi connectivity index (χ3n) is 3.17. The van der Waals surface area contributed by atoms with Gasteiger partial charge in [0.1, 0.15) is 0 Å². The van der Waals surface area contributed by atoms with Crippen molar-refractivity contribution >= 4 is 12.0 Å². The van der Waals surface area contributed by atoms with Gasteiger partial charge in [0.15, 0.2) is 0 Å². The first-order chi connectivity index (χ1) is 8.40. The van der Waals surface area contributed by atoms with Crippen LogP contribution in [-0.2, 0) is 4.79 Å². The van der Waals surface area contributed by atoms with Gasteiger partial charge in [0.05, 0.1) is 6.42 Å². The SMILES string of the molecule is CC(C)N(CCC(=O)O)C(=O)NC1CCN(C)C1. The molecule has 1 saturated heterocycles. The van der Waals surface area contributed by atoms with Crippen LogP contribution >= 0.6 is 0 Å². The van der Waals surface area contributed by atoms with Crippen molar-refractivity contribution in [3.63, 3.8) is 0 Å². The summed E-state index contributed by atoms with van der Waals surface area (Å²) in [6.45, 7) is 5.88. The highest BCUT2D eigenvalue weighted by Gasteiger charge is 2.24. The van der Waals surface area contributed by atoms with Gasteiger partial charge in [0.2, 0.25) is 0 Å². The lowest BCUT2D eigenvalue weighted by molar-refractivity contribution is -0.137. The third-order valence-corrected chi connectivity index (χ3v) is 3.17. The number of urea groups is 1. The van der Waals surface area contributed by atoms with E-state index in [1.54, 1.807) is 4.90 Å². The smallest absolute Gasteiger partial charge is 0.317 e. The van der Waals surface area contributed by atoms with Crippen molar-refractivity contribution in [1.29, 1.82) is 0 Å². The Labute approximate surface area is 108 Å². The van der Waals surface area contributed by atoms with Gasteiger partial charge in [-0.2, -0.15) is 0 Å². The molecule has 6 heteroatoms. The molecule has 2 N–H and O–H groups in total. The fourth-order valence-electron chi connectivity index (χ4n) is 2.12. The molecule has 1 fully saturated rings. The largest absolute Gasteiger partial charge is 0.481 e. The number of carbonyl (C=O) groups is 2. The maximum Gasteiger partial charge on any atom is 0.317 e. The summed E-state index contributed by atoms with van der Waals surface area (Å²) in [5.41, 5.74) is 0. The number of amides is 2. The molecular formula is C12H23N3O3. The van der Waals surface area contributed by atoms with Crippen LogP contribution in [0.3, 0.4) is 0 Å². The Kier molecular flexibility index (Phi) is 5.40. The van der Waals surface area contributed by atoms with E-state index in [0.717, 1.165) is 19.5 Å². The molecule has 0 aromatic carbocycles. The topological polar surface area (TPSA) is 72.9 Å². The quantitative estimate of drug-likeness (QED) is 0.756. The molecular weight excluding hydrogens is 234 g/mol. The van der Waals surface area contributed by atoms with Crippen molar-refractivity contribution in [3.8, 4) is 0 Å². The van der Waals surface area contributed by atoms with Gasteiger partial charge in [0, 0.05) is 25.2 Å². The lowest BCUT2D eigenvalue weighted by Crippen LogP contribution is -2.49. The highest BCUT2D eigenvalue weighted by Crippen LogP contribution is 2.08. The molecule has 1 aliphatic heterocycles. The van der Waals surface area contributed by atoms with Gasteiger partial charge in [0.25, 0.3) is 0 Å². The van der Waals surface area contributed by atoms with E-state index in [4.69, 9.17) is 5.11 Å². The van der Waals surface area contributed by atoms with Crippen molar-refractivity contribution in [2.75, 3.05) is 26.7 Å². The zero-order valence-electron chi connectivity index (χ0n) is 11.3. The number of hydrogen-bond donors (Lipinski definition) is 2. The Bertz CT molecular complexity index is 307. The minimum Gasteiger partial charge on any atom is -0.481 e. The minimum absolute atomic E-state index is 0.00322. The molecule has 1 rings (SSSR count). The second kappa shape index (κ2) is 6.58. The number of carbonyl (C=O) groups excluding carboxylic acids is 1. The second-order valence-corrected chi connectivity index (χ2v) is 5.13. The van der Waals surface area contributed by atoms with E-state index in [2.05, 4.69) is 10.2 Å². The van der Waals surface area contributed by atoms with Crippen LogP contribution in [0.4, 0.5) is 4.79 Å². The second-order valence-electron chi connectivity index (χ2n) is 5.13. The predicted molar refractivity (Wildman–Crippen MR) is 68.5 cm³/mol. The number of likely N-dealkylation sites (N-methyl/N-ethyl adjacent to an activating group) is 1. The molecule has 18 heavy (non-hydrogen) atoms. The number of likely N-dealkylation sites (tertiary alicyclic amines) is 1. The Morgan fingerprint density at radius 3 is 2.61 bits per heavy atom. The summed E-state index contributed by atoms with van der Waals surface area (Å²) >= 11 is 0. The van der Waals surface area contributed by atoms with Gasteiger partial charge in [-0.15, -0.1) is 0 Å².